The van der Waals surface area contributed by atoms with E-state index in [9.17, 15) is 9.90 Å². The molecule has 0 saturated heterocycles. The zero-order chi connectivity index (χ0) is 13.7. The van der Waals surface area contributed by atoms with Gasteiger partial charge in [0.1, 0.15) is 0 Å². The summed E-state index contributed by atoms with van der Waals surface area (Å²) in [6.07, 6.45) is 5.29. The molecule has 0 aromatic heterocycles. The molecule has 2 amide bonds. The number of aliphatic hydroxyl groups is 1. The number of hydrogen-bond acceptors (Lipinski definition) is 3. The number of nitrogens with one attached hydrogen (secondary N) is 2. The number of hydrogen-bond donors (Lipinski definition) is 3. The number of carbonyl (C=O) groups is 1. The number of thioether (sulfide) groups is 1. The van der Waals surface area contributed by atoms with Gasteiger partial charge < -0.3 is 15.7 Å². The van der Waals surface area contributed by atoms with Gasteiger partial charge in [-0.25, -0.2) is 4.79 Å². The lowest BCUT2D eigenvalue weighted by molar-refractivity contribution is 0.0955. The Morgan fingerprint density at radius 1 is 1.37 bits per heavy atom. The van der Waals surface area contributed by atoms with E-state index in [1.54, 1.807) is 11.8 Å². The Balaban J connectivity index is 1.89. The molecule has 1 aromatic carbocycles. The average molecular weight is 280 g/mol. The maximum Gasteiger partial charge on any atom is 0.319 e. The summed E-state index contributed by atoms with van der Waals surface area (Å²) in [5.41, 5.74) is 0.773. The van der Waals surface area contributed by atoms with Crippen LogP contribution >= 0.6 is 11.8 Å². The fraction of sp³-hybridized carbons (Fsp3) is 0.500. The van der Waals surface area contributed by atoms with Gasteiger partial charge in [-0.15, -0.1) is 11.8 Å². The van der Waals surface area contributed by atoms with E-state index in [1.807, 2.05) is 30.5 Å². The second kappa shape index (κ2) is 6.82. The Morgan fingerprint density at radius 2 is 2.16 bits per heavy atom. The second-order valence-corrected chi connectivity index (χ2v) is 5.67. The molecule has 0 spiro atoms. The van der Waals surface area contributed by atoms with Crippen LogP contribution in [0.1, 0.15) is 25.7 Å². The summed E-state index contributed by atoms with van der Waals surface area (Å²) in [4.78, 5) is 13.0. The molecule has 3 N–H and O–H groups in total. The molecule has 2 atom stereocenters. The molecule has 0 bridgehead atoms. The minimum Gasteiger partial charge on any atom is -0.391 e. The van der Waals surface area contributed by atoms with Gasteiger partial charge in [-0.2, -0.15) is 0 Å². The predicted molar refractivity (Wildman–Crippen MR) is 78.6 cm³/mol. The predicted octanol–water partition coefficient (Wildman–Crippen LogP) is 2.83. The van der Waals surface area contributed by atoms with Gasteiger partial charge in [0.25, 0.3) is 0 Å². The summed E-state index contributed by atoms with van der Waals surface area (Å²) in [6.45, 7) is 0. The van der Waals surface area contributed by atoms with Crippen molar-refractivity contribution in [3.63, 3.8) is 0 Å². The number of carbonyl (C=O) groups excluding carboxylic acids is 1. The quantitative estimate of drug-likeness (QED) is 0.746. The highest BCUT2D eigenvalue weighted by Crippen LogP contribution is 2.20. The summed E-state index contributed by atoms with van der Waals surface area (Å²) < 4.78 is 0. The van der Waals surface area contributed by atoms with Crippen LogP contribution < -0.4 is 10.6 Å². The van der Waals surface area contributed by atoms with Gasteiger partial charge >= 0.3 is 6.03 Å². The first-order valence-electron chi connectivity index (χ1n) is 6.58. The maximum absolute atomic E-state index is 11.9. The molecule has 1 aliphatic rings. The van der Waals surface area contributed by atoms with Crippen molar-refractivity contribution in [1.82, 2.24) is 5.32 Å². The smallest absolute Gasteiger partial charge is 0.319 e. The molecule has 1 saturated carbocycles. The maximum atomic E-state index is 11.9. The Hall–Kier alpha value is -1.20. The van der Waals surface area contributed by atoms with E-state index in [0.29, 0.717) is 0 Å². The molecule has 4 nitrogen and oxygen atoms in total. The fourth-order valence-electron chi connectivity index (χ4n) is 2.32. The van der Waals surface area contributed by atoms with Crippen LogP contribution in [0.15, 0.2) is 29.2 Å². The molecule has 1 aromatic rings. The monoisotopic (exact) mass is 280 g/mol. The third kappa shape index (κ3) is 4.14. The number of aliphatic hydroxyl groups excluding tert-OH is 1. The van der Waals surface area contributed by atoms with Crippen LogP contribution in [0.3, 0.4) is 0 Å². The van der Waals surface area contributed by atoms with E-state index in [0.717, 1.165) is 36.3 Å². The lowest BCUT2D eigenvalue weighted by Gasteiger charge is -2.28. The first kappa shape index (κ1) is 14.2. The van der Waals surface area contributed by atoms with Crippen LogP contribution in [0.4, 0.5) is 10.5 Å². The Morgan fingerprint density at radius 3 is 2.89 bits per heavy atom. The Kier molecular flexibility index (Phi) is 5.10. The summed E-state index contributed by atoms with van der Waals surface area (Å²) in [7, 11) is 0. The normalized spacial score (nSPS) is 22.8. The van der Waals surface area contributed by atoms with E-state index in [4.69, 9.17) is 0 Å². The van der Waals surface area contributed by atoms with Crippen LogP contribution in [0.5, 0.6) is 0 Å². The zero-order valence-electron chi connectivity index (χ0n) is 11.1. The van der Waals surface area contributed by atoms with Gasteiger partial charge in [0.15, 0.2) is 0 Å². The molecule has 0 heterocycles. The molecule has 19 heavy (non-hydrogen) atoms. The topological polar surface area (TPSA) is 61.4 Å². The lowest BCUT2D eigenvalue weighted by atomic mass is 9.93. The number of rotatable bonds is 3. The van der Waals surface area contributed by atoms with E-state index < -0.39 is 6.10 Å². The van der Waals surface area contributed by atoms with E-state index in [1.165, 1.54) is 0 Å². The number of amides is 2. The highest BCUT2D eigenvalue weighted by atomic mass is 32.2. The van der Waals surface area contributed by atoms with Gasteiger partial charge in [-0.1, -0.05) is 18.9 Å². The first-order chi connectivity index (χ1) is 9.19. The minimum atomic E-state index is -0.419. The van der Waals surface area contributed by atoms with Crippen LogP contribution in [0.25, 0.3) is 0 Å². The van der Waals surface area contributed by atoms with Crippen LogP contribution in [-0.2, 0) is 0 Å². The largest absolute Gasteiger partial charge is 0.391 e. The highest BCUT2D eigenvalue weighted by Gasteiger charge is 2.24. The van der Waals surface area contributed by atoms with Gasteiger partial charge in [-0.05, 0) is 37.3 Å². The SMILES string of the molecule is CSc1cccc(NC(=O)NC2CCCCC2O)c1. The van der Waals surface area contributed by atoms with Crippen molar-refractivity contribution in [2.24, 2.45) is 0 Å². The van der Waals surface area contributed by atoms with Gasteiger partial charge in [0.2, 0.25) is 0 Å². The van der Waals surface area contributed by atoms with Gasteiger partial charge in [-0.3, -0.25) is 0 Å². The van der Waals surface area contributed by atoms with Crippen molar-refractivity contribution < 1.29 is 9.90 Å². The summed E-state index contributed by atoms with van der Waals surface area (Å²) in [6, 6.07) is 7.33. The average Bonchev–Trinajstić information content (AvgIpc) is 2.41. The van der Waals surface area contributed by atoms with Gasteiger partial charge in [0.05, 0.1) is 12.1 Å². The first-order valence-corrected chi connectivity index (χ1v) is 7.81. The van der Waals surface area contributed by atoms with Crippen LogP contribution in [-0.4, -0.2) is 29.5 Å². The van der Waals surface area contributed by atoms with Crippen molar-refractivity contribution in [3.8, 4) is 0 Å². The third-order valence-corrected chi connectivity index (χ3v) is 4.10. The molecule has 2 rings (SSSR count). The van der Waals surface area contributed by atoms with Crippen molar-refractivity contribution in [3.05, 3.63) is 24.3 Å². The fourth-order valence-corrected chi connectivity index (χ4v) is 2.78. The minimum absolute atomic E-state index is 0.127. The molecule has 104 valence electrons. The highest BCUT2D eigenvalue weighted by molar-refractivity contribution is 7.98. The molecule has 1 aliphatic carbocycles. The molecule has 2 unspecified atom stereocenters. The number of urea groups is 1. The van der Waals surface area contributed by atoms with Crippen molar-refractivity contribution in [2.75, 3.05) is 11.6 Å². The summed E-state index contributed by atoms with van der Waals surface area (Å²) >= 11 is 1.63. The number of benzene rings is 1. The standard InChI is InChI=1S/C14H20N2O2S/c1-19-11-6-4-5-10(9-11)15-14(18)16-12-7-2-3-8-13(12)17/h4-6,9,12-13,17H,2-3,7-8H2,1H3,(H2,15,16,18). The Labute approximate surface area is 118 Å². The molecule has 0 aliphatic heterocycles. The molecular formula is C14H20N2O2S. The van der Waals surface area contributed by atoms with Crippen molar-refractivity contribution >= 4 is 23.5 Å². The number of anilines is 1. The van der Waals surface area contributed by atoms with E-state index in [-0.39, 0.29) is 12.1 Å². The molecule has 1 fully saturated rings. The molecular weight excluding hydrogens is 260 g/mol. The van der Waals surface area contributed by atoms with Crippen molar-refractivity contribution in [2.45, 2.75) is 42.7 Å². The lowest BCUT2D eigenvalue weighted by Crippen LogP contribution is -2.46. The van der Waals surface area contributed by atoms with E-state index >= 15 is 0 Å². The summed E-state index contributed by atoms with van der Waals surface area (Å²) in [5.74, 6) is 0. The van der Waals surface area contributed by atoms with Gasteiger partial charge in [0, 0.05) is 10.6 Å². The Bertz CT molecular complexity index is 439. The molecule has 0 radical (unpaired) electrons. The van der Waals surface area contributed by atoms with Crippen LogP contribution in [0, 0.1) is 0 Å². The molecule has 5 heteroatoms. The second-order valence-electron chi connectivity index (χ2n) is 4.79. The summed E-state index contributed by atoms with van der Waals surface area (Å²) in [5, 5.41) is 15.5. The third-order valence-electron chi connectivity index (χ3n) is 3.37. The van der Waals surface area contributed by atoms with Crippen molar-refractivity contribution in [1.29, 1.82) is 0 Å². The van der Waals surface area contributed by atoms with Crippen LogP contribution in [0.2, 0.25) is 0 Å². The zero-order valence-corrected chi connectivity index (χ0v) is 11.9. The van der Waals surface area contributed by atoms with E-state index in [2.05, 4.69) is 10.6 Å².